The lowest BCUT2D eigenvalue weighted by Crippen LogP contribution is -2.13. The quantitative estimate of drug-likeness (QED) is 0.741. The zero-order chi connectivity index (χ0) is 18.0. The van der Waals surface area contributed by atoms with Crippen LogP contribution < -0.4 is 5.73 Å². The highest BCUT2D eigenvalue weighted by molar-refractivity contribution is 6.02. The summed E-state index contributed by atoms with van der Waals surface area (Å²) in [4.78, 5) is 12.2. The van der Waals surface area contributed by atoms with Gasteiger partial charge < -0.3 is 10.3 Å². The van der Waals surface area contributed by atoms with E-state index in [4.69, 9.17) is 5.73 Å². The molecule has 0 aliphatic rings. The first kappa shape index (κ1) is 17.0. The lowest BCUT2D eigenvalue weighted by molar-refractivity contribution is 0.1000. The van der Waals surface area contributed by atoms with E-state index >= 15 is 0 Å². The Bertz CT molecular complexity index is 896. The van der Waals surface area contributed by atoms with Crippen LogP contribution in [0.15, 0.2) is 54.6 Å². The molecule has 128 valence electrons. The predicted octanol–water partition coefficient (Wildman–Crippen LogP) is 4.31. The van der Waals surface area contributed by atoms with Gasteiger partial charge in [-0.05, 0) is 36.6 Å². The standard InChI is InChI=1S/C21H21FN2O/c1-3-18-20(16-9-11-17(22)12-10-16)19(21(23)25)14(2)24(18)13-15-7-5-4-6-8-15/h4-12H,3,13H2,1-2H3,(H2,23,25). The third kappa shape index (κ3) is 3.20. The number of rotatable bonds is 5. The van der Waals surface area contributed by atoms with E-state index < -0.39 is 5.91 Å². The highest BCUT2D eigenvalue weighted by Crippen LogP contribution is 2.33. The number of nitrogens with two attached hydrogens (primary N) is 1. The van der Waals surface area contributed by atoms with E-state index in [9.17, 15) is 9.18 Å². The molecule has 0 bridgehead atoms. The van der Waals surface area contributed by atoms with Gasteiger partial charge in [0.15, 0.2) is 0 Å². The van der Waals surface area contributed by atoms with E-state index in [0.29, 0.717) is 12.1 Å². The fourth-order valence-corrected chi connectivity index (χ4v) is 3.37. The Labute approximate surface area is 146 Å². The Morgan fingerprint density at radius 1 is 1.08 bits per heavy atom. The number of carbonyl (C=O) groups is 1. The molecule has 0 saturated carbocycles. The second-order valence-corrected chi connectivity index (χ2v) is 6.08. The Hall–Kier alpha value is -2.88. The fraction of sp³-hybridized carbons (Fsp3) is 0.190. The summed E-state index contributed by atoms with van der Waals surface area (Å²) in [5.41, 5.74) is 10.8. The molecule has 0 radical (unpaired) electrons. The van der Waals surface area contributed by atoms with Crippen molar-refractivity contribution in [1.82, 2.24) is 4.57 Å². The zero-order valence-electron chi connectivity index (χ0n) is 14.4. The maximum absolute atomic E-state index is 13.3. The van der Waals surface area contributed by atoms with Crippen LogP contribution >= 0.6 is 0 Å². The van der Waals surface area contributed by atoms with E-state index in [1.165, 1.54) is 12.1 Å². The largest absolute Gasteiger partial charge is 0.366 e. The molecule has 0 fully saturated rings. The lowest BCUT2D eigenvalue weighted by Gasteiger charge is -2.12. The normalized spacial score (nSPS) is 10.8. The molecule has 0 unspecified atom stereocenters. The minimum atomic E-state index is -0.460. The molecular weight excluding hydrogens is 315 g/mol. The summed E-state index contributed by atoms with van der Waals surface area (Å²) in [7, 11) is 0. The summed E-state index contributed by atoms with van der Waals surface area (Å²) in [6.45, 7) is 4.63. The van der Waals surface area contributed by atoms with Gasteiger partial charge in [0.1, 0.15) is 5.82 Å². The molecule has 0 atom stereocenters. The molecule has 1 heterocycles. The Morgan fingerprint density at radius 3 is 2.28 bits per heavy atom. The lowest BCUT2D eigenvalue weighted by atomic mass is 9.99. The number of carbonyl (C=O) groups excluding carboxylic acids is 1. The number of halogens is 1. The van der Waals surface area contributed by atoms with Crippen LogP contribution in [0.5, 0.6) is 0 Å². The second kappa shape index (κ2) is 6.93. The number of aromatic nitrogens is 1. The minimum Gasteiger partial charge on any atom is -0.366 e. The molecule has 0 aliphatic heterocycles. The third-order valence-corrected chi connectivity index (χ3v) is 4.53. The first-order valence-corrected chi connectivity index (χ1v) is 8.34. The average molecular weight is 336 g/mol. The monoisotopic (exact) mass is 336 g/mol. The molecule has 1 amide bonds. The third-order valence-electron chi connectivity index (χ3n) is 4.53. The van der Waals surface area contributed by atoms with Crippen LogP contribution in [0.1, 0.15) is 34.2 Å². The number of hydrogen-bond donors (Lipinski definition) is 1. The summed E-state index contributed by atoms with van der Waals surface area (Å²) in [6.07, 6.45) is 0.744. The van der Waals surface area contributed by atoms with Gasteiger partial charge in [0.2, 0.25) is 0 Å². The summed E-state index contributed by atoms with van der Waals surface area (Å²) >= 11 is 0. The molecule has 2 N–H and O–H groups in total. The van der Waals surface area contributed by atoms with Gasteiger partial charge in [0, 0.05) is 23.5 Å². The molecule has 3 nitrogen and oxygen atoms in total. The summed E-state index contributed by atoms with van der Waals surface area (Å²) in [6, 6.07) is 16.3. The number of primary amides is 1. The summed E-state index contributed by atoms with van der Waals surface area (Å²) < 4.78 is 15.5. The van der Waals surface area contributed by atoms with Gasteiger partial charge in [0.25, 0.3) is 5.91 Å². The maximum atomic E-state index is 13.3. The van der Waals surface area contributed by atoms with Crippen LogP contribution in [-0.2, 0) is 13.0 Å². The van der Waals surface area contributed by atoms with Crippen LogP contribution in [-0.4, -0.2) is 10.5 Å². The first-order valence-electron chi connectivity index (χ1n) is 8.34. The molecule has 2 aromatic carbocycles. The Kier molecular flexibility index (Phi) is 4.70. The topological polar surface area (TPSA) is 48.0 Å². The van der Waals surface area contributed by atoms with E-state index in [1.807, 2.05) is 32.0 Å². The van der Waals surface area contributed by atoms with Crippen LogP contribution in [0.2, 0.25) is 0 Å². The molecular formula is C21H21FN2O. The van der Waals surface area contributed by atoms with Gasteiger partial charge in [0.05, 0.1) is 5.56 Å². The number of amides is 1. The van der Waals surface area contributed by atoms with E-state index in [1.54, 1.807) is 12.1 Å². The first-order chi connectivity index (χ1) is 12.0. The van der Waals surface area contributed by atoms with E-state index in [0.717, 1.165) is 34.5 Å². The average Bonchev–Trinajstić information content (AvgIpc) is 2.88. The van der Waals surface area contributed by atoms with E-state index in [-0.39, 0.29) is 5.82 Å². The predicted molar refractivity (Wildman–Crippen MR) is 98.0 cm³/mol. The molecule has 25 heavy (non-hydrogen) atoms. The molecule has 0 spiro atoms. The van der Waals surface area contributed by atoms with Crippen molar-refractivity contribution in [3.8, 4) is 11.1 Å². The van der Waals surface area contributed by atoms with Crippen LogP contribution in [0, 0.1) is 12.7 Å². The van der Waals surface area contributed by atoms with Gasteiger partial charge in [-0.3, -0.25) is 4.79 Å². The fourth-order valence-electron chi connectivity index (χ4n) is 3.37. The van der Waals surface area contributed by atoms with Crippen molar-refractivity contribution in [3.05, 3.63) is 82.9 Å². The highest BCUT2D eigenvalue weighted by Gasteiger charge is 2.23. The van der Waals surface area contributed by atoms with E-state index in [2.05, 4.69) is 16.7 Å². The van der Waals surface area contributed by atoms with Crippen molar-refractivity contribution in [1.29, 1.82) is 0 Å². The smallest absolute Gasteiger partial charge is 0.251 e. The summed E-state index contributed by atoms with van der Waals surface area (Å²) in [5, 5.41) is 0. The second-order valence-electron chi connectivity index (χ2n) is 6.08. The maximum Gasteiger partial charge on any atom is 0.251 e. The Morgan fingerprint density at radius 2 is 1.72 bits per heavy atom. The van der Waals surface area contributed by atoms with Gasteiger partial charge in [-0.1, -0.05) is 49.4 Å². The van der Waals surface area contributed by atoms with Crippen molar-refractivity contribution in [2.45, 2.75) is 26.8 Å². The van der Waals surface area contributed by atoms with Crippen molar-refractivity contribution in [2.24, 2.45) is 5.73 Å². The van der Waals surface area contributed by atoms with Gasteiger partial charge in [-0.15, -0.1) is 0 Å². The Balaban J connectivity index is 2.21. The highest BCUT2D eigenvalue weighted by atomic mass is 19.1. The summed E-state index contributed by atoms with van der Waals surface area (Å²) in [5.74, 6) is -0.763. The van der Waals surface area contributed by atoms with Crippen molar-refractivity contribution in [3.63, 3.8) is 0 Å². The zero-order valence-corrected chi connectivity index (χ0v) is 14.4. The minimum absolute atomic E-state index is 0.303. The van der Waals surface area contributed by atoms with Crippen molar-refractivity contribution in [2.75, 3.05) is 0 Å². The molecule has 3 aromatic rings. The van der Waals surface area contributed by atoms with Crippen LogP contribution in [0.4, 0.5) is 4.39 Å². The van der Waals surface area contributed by atoms with Crippen molar-refractivity contribution >= 4 is 5.91 Å². The molecule has 4 heteroatoms. The number of benzene rings is 2. The molecule has 1 aromatic heterocycles. The SMILES string of the molecule is CCc1c(-c2ccc(F)cc2)c(C(N)=O)c(C)n1Cc1ccccc1. The van der Waals surface area contributed by atoms with Gasteiger partial charge >= 0.3 is 0 Å². The molecule has 0 aliphatic carbocycles. The molecule has 0 saturated heterocycles. The van der Waals surface area contributed by atoms with Gasteiger partial charge in [-0.25, -0.2) is 4.39 Å². The number of nitrogens with zero attached hydrogens (tertiary/aromatic N) is 1. The van der Waals surface area contributed by atoms with Crippen molar-refractivity contribution < 1.29 is 9.18 Å². The van der Waals surface area contributed by atoms with Crippen LogP contribution in [0.3, 0.4) is 0 Å². The number of hydrogen-bond acceptors (Lipinski definition) is 1. The molecule has 3 rings (SSSR count). The van der Waals surface area contributed by atoms with Gasteiger partial charge in [-0.2, -0.15) is 0 Å². The van der Waals surface area contributed by atoms with Crippen LogP contribution in [0.25, 0.3) is 11.1 Å².